The SMILES string of the molecule is CSC1(C(N)=S)CCN(C(=O)c2ccccc2)CC1. The van der Waals surface area contributed by atoms with E-state index in [2.05, 4.69) is 0 Å². The second-order valence-electron chi connectivity index (χ2n) is 4.72. The summed E-state index contributed by atoms with van der Waals surface area (Å²) in [6.45, 7) is 1.43. The maximum Gasteiger partial charge on any atom is 0.253 e. The molecule has 102 valence electrons. The van der Waals surface area contributed by atoms with Gasteiger partial charge in [0, 0.05) is 18.7 Å². The van der Waals surface area contributed by atoms with Gasteiger partial charge in [-0.15, -0.1) is 0 Å². The Morgan fingerprint density at radius 1 is 1.32 bits per heavy atom. The molecule has 1 amide bonds. The maximum atomic E-state index is 12.3. The minimum Gasteiger partial charge on any atom is -0.392 e. The summed E-state index contributed by atoms with van der Waals surface area (Å²) in [4.78, 5) is 14.8. The van der Waals surface area contributed by atoms with Crippen LogP contribution in [0.3, 0.4) is 0 Å². The number of piperidine rings is 1. The van der Waals surface area contributed by atoms with Crippen molar-refractivity contribution >= 4 is 34.9 Å². The van der Waals surface area contributed by atoms with E-state index in [1.165, 1.54) is 0 Å². The molecule has 2 rings (SSSR count). The van der Waals surface area contributed by atoms with Crippen LogP contribution in [0.15, 0.2) is 30.3 Å². The molecule has 3 nitrogen and oxygen atoms in total. The Morgan fingerprint density at radius 3 is 2.37 bits per heavy atom. The van der Waals surface area contributed by atoms with Crippen molar-refractivity contribution in [2.24, 2.45) is 5.73 Å². The molecule has 2 N–H and O–H groups in total. The third-order valence-electron chi connectivity index (χ3n) is 3.72. The Bertz CT molecular complexity index is 468. The van der Waals surface area contributed by atoms with Gasteiger partial charge in [-0.05, 0) is 31.2 Å². The van der Waals surface area contributed by atoms with Gasteiger partial charge in [-0.3, -0.25) is 4.79 Å². The van der Waals surface area contributed by atoms with Gasteiger partial charge in [-0.1, -0.05) is 30.4 Å². The Kier molecular flexibility index (Phi) is 4.47. The minimum atomic E-state index is -0.136. The molecule has 0 saturated carbocycles. The minimum absolute atomic E-state index is 0.0956. The first-order valence-electron chi connectivity index (χ1n) is 6.28. The fourth-order valence-electron chi connectivity index (χ4n) is 2.39. The van der Waals surface area contributed by atoms with Gasteiger partial charge in [0.2, 0.25) is 0 Å². The zero-order valence-corrected chi connectivity index (χ0v) is 12.6. The Hall–Kier alpha value is -1.07. The second-order valence-corrected chi connectivity index (χ2v) is 6.35. The summed E-state index contributed by atoms with van der Waals surface area (Å²) in [5.41, 5.74) is 6.60. The van der Waals surface area contributed by atoms with Crippen LogP contribution in [0, 0.1) is 0 Å². The van der Waals surface area contributed by atoms with E-state index in [0.717, 1.165) is 18.4 Å². The quantitative estimate of drug-likeness (QED) is 0.869. The number of benzene rings is 1. The molecule has 0 atom stereocenters. The highest BCUT2D eigenvalue weighted by Crippen LogP contribution is 2.35. The summed E-state index contributed by atoms with van der Waals surface area (Å²) >= 11 is 6.88. The Labute approximate surface area is 123 Å². The topological polar surface area (TPSA) is 46.3 Å². The molecular weight excluding hydrogens is 276 g/mol. The number of thiocarbonyl (C=S) groups is 1. The van der Waals surface area contributed by atoms with E-state index in [1.54, 1.807) is 11.8 Å². The predicted molar refractivity (Wildman–Crippen MR) is 84.6 cm³/mol. The van der Waals surface area contributed by atoms with E-state index in [9.17, 15) is 4.79 Å². The lowest BCUT2D eigenvalue weighted by atomic mass is 9.95. The van der Waals surface area contributed by atoms with Crippen LogP contribution in [0.2, 0.25) is 0 Å². The van der Waals surface area contributed by atoms with Crippen molar-refractivity contribution in [1.82, 2.24) is 4.90 Å². The van der Waals surface area contributed by atoms with Crippen molar-refractivity contribution in [1.29, 1.82) is 0 Å². The summed E-state index contributed by atoms with van der Waals surface area (Å²) < 4.78 is -0.136. The zero-order valence-electron chi connectivity index (χ0n) is 11.0. The highest BCUT2D eigenvalue weighted by atomic mass is 32.2. The smallest absolute Gasteiger partial charge is 0.253 e. The highest BCUT2D eigenvalue weighted by Gasteiger charge is 2.37. The van der Waals surface area contributed by atoms with Crippen molar-refractivity contribution in [2.45, 2.75) is 17.6 Å². The number of likely N-dealkylation sites (tertiary alicyclic amines) is 1. The highest BCUT2D eigenvalue weighted by molar-refractivity contribution is 8.02. The lowest BCUT2D eigenvalue weighted by Gasteiger charge is -2.40. The van der Waals surface area contributed by atoms with Gasteiger partial charge in [-0.2, -0.15) is 11.8 Å². The molecular formula is C14H18N2OS2. The molecule has 1 aromatic rings. The number of hydrogen-bond donors (Lipinski definition) is 1. The summed E-state index contributed by atoms with van der Waals surface area (Å²) in [7, 11) is 0. The average Bonchev–Trinajstić information content (AvgIpc) is 2.47. The number of rotatable bonds is 3. The van der Waals surface area contributed by atoms with Crippen LogP contribution in [0.25, 0.3) is 0 Å². The van der Waals surface area contributed by atoms with Crippen molar-refractivity contribution in [3.8, 4) is 0 Å². The van der Waals surface area contributed by atoms with Gasteiger partial charge in [0.25, 0.3) is 5.91 Å². The van der Waals surface area contributed by atoms with Crippen LogP contribution in [0.1, 0.15) is 23.2 Å². The number of carbonyl (C=O) groups is 1. The average molecular weight is 294 g/mol. The molecule has 1 saturated heterocycles. The molecule has 1 aliphatic rings. The molecule has 5 heteroatoms. The van der Waals surface area contributed by atoms with Crippen LogP contribution in [0.5, 0.6) is 0 Å². The summed E-state index contributed by atoms with van der Waals surface area (Å²) in [5, 5.41) is 0. The molecule has 0 spiro atoms. The summed E-state index contributed by atoms with van der Waals surface area (Å²) in [5.74, 6) is 0.0956. The Balaban J connectivity index is 2.04. The first-order chi connectivity index (χ1) is 9.09. The third kappa shape index (κ3) is 2.92. The van der Waals surface area contributed by atoms with E-state index in [1.807, 2.05) is 41.5 Å². The summed E-state index contributed by atoms with van der Waals surface area (Å²) in [6, 6.07) is 9.40. The molecule has 0 radical (unpaired) electrons. The zero-order chi connectivity index (χ0) is 13.9. The molecule has 19 heavy (non-hydrogen) atoms. The van der Waals surface area contributed by atoms with Crippen LogP contribution >= 0.6 is 24.0 Å². The van der Waals surface area contributed by atoms with Crippen LogP contribution in [-0.2, 0) is 0 Å². The van der Waals surface area contributed by atoms with Gasteiger partial charge in [0.05, 0.1) is 9.74 Å². The number of hydrogen-bond acceptors (Lipinski definition) is 3. The van der Waals surface area contributed by atoms with E-state index in [0.29, 0.717) is 18.1 Å². The lowest BCUT2D eigenvalue weighted by Crippen LogP contribution is -2.50. The molecule has 1 heterocycles. The lowest BCUT2D eigenvalue weighted by molar-refractivity contribution is 0.0719. The van der Waals surface area contributed by atoms with Gasteiger partial charge < -0.3 is 10.6 Å². The number of nitrogens with zero attached hydrogens (tertiary/aromatic N) is 1. The fourth-order valence-corrected chi connectivity index (χ4v) is 3.63. The van der Waals surface area contributed by atoms with E-state index < -0.39 is 0 Å². The van der Waals surface area contributed by atoms with Crippen LogP contribution in [-0.4, -0.2) is 39.9 Å². The third-order valence-corrected chi connectivity index (χ3v) is 5.65. The van der Waals surface area contributed by atoms with Gasteiger partial charge >= 0.3 is 0 Å². The summed E-state index contributed by atoms with van der Waals surface area (Å²) in [6.07, 6.45) is 3.71. The van der Waals surface area contributed by atoms with Crippen LogP contribution < -0.4 is 5.73 Å². The molecule has 0 bridgehead atoms. The molecule has 1 aliphatic heterocycles. The van der Waals surface area contributed by atoms with Gasteiger partial charge in [-0.25, -0.2) is 0 Å². The Morgan fingerprint density at radius 2 is 1.89 bits per heavy atom. The van der Waals surface area contributed by atoms with Crippen molar-refractivity contribution < 1.29 is 4.79 Å². The van der Waals surface area contributed by atoms with E-state index in [4.69, 9.17) is 18.0 Å². The number of carbonyl (C=O) groups excluding carboxylic acids is 1. The van der Waals surface area contributed by atoms with E-state index in [-0.39, 0.29) is 10.7 Å². The maximum absolute atomic E-state index is 12.3. The van der Waals surface area contributed by atoms with Crippen molar-refractivity contribution in [2.75, 3.05) is 19.3 Å². The predicted octanol–water partition coefficient (Wildman–Crippen LogP) is 2.31. The van der Waals surface area contributed by atoms with E-state index >= 15 is 0 Å². The molecule has 0 aromatic heterocycles. The standard InChI is InChI=1S/C14H18N2OS2/c1-19-14(13(15)18)7-9-16(10-8-14)12(17)11-5-3-2-4-6-11/h2-6H,7-10H2,1H3,(H2,15,18). The first-order valence-corrected chi connectivity index (χ1v) is 7.92. The van der Waals surface area contributed by atoms with Gasteiger partial charge in [0.15, 0.2) is 0 Å². The van der Waals surface area contributed by atoms with Crippen LogP contribution in [0.4, 0.5) is 0 Å². The normalized spacial score (nSPS) is 18.1. The van der Waals surface area contributed by atoms with Crippen molar-refractivity contribution in [3.05, 3.63) is 35.9 Å². The first kappa shape index (κ1) is 14.3. The largest absolute Gasteiger partial charge is 0.392 e. The molecule has 0 unspecified atom stereocenters. The number of amides is 1. The second kappa shape index (κ2) is 5.92. The van der Waals surface area contributed by atoms with Gasteiger partial charge in [0.1, 0.15) is 0 Å². The molecule has 1 fully saturated rings. The number of thioether (sulfide) groups is 1. The molecule has 1 aromatic carbocycles. The number of nitrogens with two attached hydrogens (primary N) is 1. The van der Waals surface area contributed by atoms with Crippen molar-refractivity contribution in [3.63, 3.8) is 0 Å². The monoisotopic (exact) mass is 294 g/mol. The fraction of sp³-hybridized carbons (Fsp3) is 0.429. The molecule has 0 aliphatic carbocycles.